The van der Waals surface area contributed by atoms with Crippen molar-refractivity contribution < 1.29 is 40.8 Å². The van der Waals surface area contributed by atoms with Gasteiger partial charge in [-0.3, -0.25) is 19.2 Å². The Bertz CT molecular complexity index is 1280. The Morgan fingerprint density at radius 3 is 2.00 bits per heavy atom. The number of halogens is 3. The van der Waals surface area contributed by atoms with Crippen molar-refractivity contribution in [3.8, 4) is 0 Å². The summed E-state index contributed by atoms with van der Waals surface area (Å²) in [6.07, 6.45) is -4.29. The highest BCUT2D eigenvalue weighted by Gasteiger charge is 2.29. The van der Waals surface area contributed by atoms with Crippen LogP contribution in [0.4, 0.5) is 13.2 Å². The predicted molar refractivity (Wildman–Crippen MR) is 127 cm³/mol. The van der Waals surface area contributed by atoms with E-state index < -0.39 is 52.3 Å². The van der Waals surface area contributed by atoms with Crippen LogP contribution in [0.1, 0.15) is 16.7 Å². The summed E-state index contributed by atoms with van der Waals surface area (Å²) in [6, 6.07) is 13.6. The number of carbonyl (C=O) groups is 4. The number of primary amides is 1. The maximum Gasteiger partial charge on any atom is 0.446 e. The third-order valence-corrected chi connectivity index (χ3v) is 6.30. The van der Waals surface area contributed by atoms with E-state index in [0.717, 1.165) is 11.6 Å². The van der Waals surface area contributed by atoms with Gasteiger partial charge >= 0.3 is 6.18 Å². The Morgan fingerprint density at radius 1 is 1.00 bits per heavy atom. The average Bonchev–Trinajstić information content (AvgIpc) is 3.11. The van der Waals surface area contributed by atoms with Crippen molar-refractivity contribution in [3.05, 3.63) is 77.4 Å². The zero-order valence-corrected chi connectivity index (χ0v) is 19.9. The topological polar surface area (TPSA) is 179 Å². The minimum atomic E-state index is -4.64. The number of sulfonamides is 1. The molecule has 1 aliphatic heterocycles. The largest absolute Gasteiger partial charge is 0.446 e. The molecule has 2 atom stereocenters. The van der Waals surface area contributed by atoms with E-state index in [1.54, 1.807) is 12.1 Å². The molecule has 1 heterocycles. The first-order chi connectivity index (χ1) is 17.2. The van der Waals surface area contributed by atoms with Gasteiger partial charge in [-0.05, 0) is 23.1 Å². The van der Waals surface area contributed by atoms with Gasteiger partial charge in [0.25, 0.3) is 15.9 Å². The highest BCUT2D eigenvalue weighted by molar-refractivity contribution is 7.99. The van der Waals surface area contributed by atoms with Crippen molar-refractivity contribution in [2.45, 2.75) is 31.1 Å². The van der Waals surface area contributed by atoms with Gasteiger partial charge in [-0.15, -0.1) is 0 Å². The number of rotatable bonds is 8. The number of aldehydes is 1. The summed E-state index contributed by atoms with van der Waals surface area (Å²) in [5.74, 6) is -1.93. The molecular weight excluding hydrogens is 517 g/mol. The van der Waals surface area contributed by atoms with Crippen LogP contribution >= 0.6 is 0 Å². The lowest BCUT2D eigenvalue weighted by molar-refractivity contribution is -0.156. The van der Waals surface area contributed by atoms with Crippen molar-refractivity contribution >= 4 is 38.9 Å². The Morgan fingerprint density at radius 2 is 1.54 bits per heavy atom. The summed E-state index contributed by atoms with van der Waals surface area (Å²) in [5.41, 5.74) is 13.2. The lowest BCUT2D eigenvalue weighted by Gasteiger charge is -2.19. The Balaban J connectivity index is 0.000000717. The summed E-state index contributed by atoms with van der Waals surface area (Å²) in [6.45, 7) is 0. The van der Waals surface area contributed by atoms with Crippen LogP contribution in [0.25, 0.3) is 4.91 Å². The fraction of sp³-hybridized carbons (Fsp3) is 0.217. The second kappa shape index (κ2) is 12.3. The number of hydrogen-bond acceptors (Lipinski definition) is 7. The molecule has 3 amide bonds. The van der Waals surface area contributed by atoms with E-state index in [1.165, 1.54) is 12.1 Å². The molecule has 37 heavy (non-hydrogen) atoms. The average molecular weight is 541 g/mol. The van der Waals surface area contributed by atoms with Gasteiger partial charge in [0.1, 0.15) is 10.9 Å². The van der Waals surface area contributed by atoms with Crippen LogP contribution in [0.2, 0.25) is 0 Å². The molecule has 0 spiro atoms. The monoisotopic (exact) mass is 540 g/mol. The minimum absolute atomic E-state index is 0.0996. The van der Waals surface area contributed by atoms with Gasteiger partial charge in [0.15, 0.2) is 0 Å². The molecule has 0 fully saturated rings. The first-order valence-electron chi connectivity index (χ1n) is 10.5. The quantitative estimate of drug-likeness (QED) is 0.348. The number of nitrogens with two attached hydrogens (primary N) is 2. The van der Waals surface area contributed by atoms with Gasteiger partial charge in [-0.25, -0.2) is 13.1 Å². The SMILES string of the molecule is NC(=O)[C@H](Cc1ccc(C2=CC(=O)NS2(=O)=O)cc1)NC(=O)[C@@H](N)Cc1ccccc1.O=CC(F)(F)F. The molecule has 0 saturated heterocycles. The van der Waals surface area contributed by atoms with E-state index in [2.05, 4.69) is 5.32 Å². The number of alkyl halides is 3. The lowest BCUT2D eigenvalue weighted by atomic mass is 10.0. The first kappa shape index (κ1) is 29.2. The van der Waals surface area contributed by atoms with Crippen LogP contribution in [-0.4, -0.2) is 50.7 Å². The molecule has 0 saturated carbocycles. The molecule has 3 rings (SSSR count). The zero-order chi connectivity index (χ0) is 27.8. The molecule has 198 valence electrons. The number of carbonyl (C=O) groups excluding carboxylic acids is 4. The smallest absolute Gasteiger partial charge is 0.368 e. The van der Waals surface area contributed by atoms with Crippen molar-refractivity contribution in [3.63, 3.8) is 0 Å². The normalized spacial score (nSPS) is 15.8. The van der Waals surface area contributed by atoms with Crippen molar-refractivity contribution in [2.24, 2.45) is 11.5 Å². The van der Waals surface area contributed by atoms with Crippen molar-refractivity contribution in [1.29, 1.82) is 0 Å². The van der Waals surface area contributed by atoms with Gasteiger partial charge in [0.05, 0.1) is 6.04 Å². The molecule has 1 aliphatic rings. The molecule has 0 radical (unpaired) electrons. The summed E-state index contributed by atoms with van der Waals surface area (Å²) in [7, 11) is -3.87. The lowest BCUT2D eigenvalue weighted by Crippen LogP contribution is -2.51. The van der Waals surface area contributed by atoms with Gasteiger partial charge < -0.3 is 16.8 Å². The number of amides is 3. The van der Waals surface area contributed by atoms with E-state index in [-0.39, 0.29) is 11.3 Å². The summed E-state index contributed by atoms with van der Waals surface area (Å²) >= 11 is 0. The Hall–Kier alpha value is -4.04. The Labute approximate surface area is 209 Å². The molecule has 0 unspecified atom stereocenters. The third kappa shape index (κ3) is 9.16. The number of nitrogens with one attached hydrogen (secondary N) is 2. The maximum atomic E-state index is 12.4. The van der Waals surface area contributed by atoms with Crippen molar-refractivity contribution in [1.82, 2.24) is 10.0 Å². The van der Waals surface area contributed by atoms with Crippen LogP contribution < -0.4 is 21.5 Å². The van der Waals surface area contributed by atoms with Crippen LogP contribution in [0, 0.1) is 0 Å². The molecular formula is C23H23F3N4O6S. The zero-order valence-electron chi connectivity index (χ0n) is 19.1. The van der Waals surface area contributed by atoms with E-state index >= 15 is 0 Å². The van der Waals surface area contributed by atoms with E-state index in [1.807, 2.05) is 35.1 Å². The van der Waals surface area contributed by atoms with Crippen LogP contribution in [0.15, 0.2) is 60.7 Å². The van der Waals surface area contributed by atoms with E-state index in [0.29, 0.717) is 17.5 Å². The van der Waals surface area contributed by atoms with Crippen LogP contribution in [0.5, 0.6) is 0 Å². The minimum Gasteiger partial charge on any atom is -0.368 e. The third-order valence-electron chi connectivity index (χ3n) is 4.89. The van der Waals surface area contributed by atoms with Gasteiger partial charge in [-0.1, -0.05) is 54.6 Å². The second-order valence-electron chi connectivity index (χ2n) is 7.80. The number of hydrogen-bond donors (Lipinski definition) is 4. The van der Waals surface area contributed by atoms with Gasteiger partial charge in [-0.2, -0.15) is 13.2 Å². The highest BCUT2D eigenvalue weighted by atomic mass is 32.2. The molecule has 2 aromatic carbocycles. The van der Waals surface area contributed by atoms with Gasteiger partial charge in [0, 0.05) is 12.5 Å². The molecule has 6 N–H and O–H groups in total. The van der Waals surface area contributed by atoms with Crippen LogP contribution in [-0.2, 0) is 42.0 Å². The maximum absolute atomic E-state index is 12.4. The molecule has 10 nitrogen and oxygen atoms in total. The fourth-order valence-corrected chi connectivity index (χ4v) is 4.30. The summed E-state index contributed by atoms with van der Waals surface area (Å²) in [5, 5.41) is 2.57. The number of benzene rings is 2. The summed E-state index contributed by atoms with van der Waals surface area (Å²) in [4.78, 5) is 44.2. The fourth-order valence-electron chi connectivity index (χ4n) is 3.16. The predicted octanol–water partition coefficient (Wildman–Crippen LogP) is 0.317. The molecule has 0 aromatic heterocycles. The molecule has 2 aromatic rings. The van der Waals surface area contributed by atoms with Crippen LogP contribution in [0.3, 0.4) is 0 Å². The Kier molecular flexibility index (Phi) is 9.68. The van der Waals surface area contributed by atoms with Crippen molar-refractivity contribution in [2.75, 3.05) is 0 Å². The molecule has 0 aliphatic carbocycles. The molecule has 14 heteroatoms. The van der Waals surface area contributed by atoms with E-state index in [9.17, 15) is 36.0 Å². The standard InChI is InChI=1S/C21H22N4O5S.C2HF3O/c22-16(10-13-4-2-1-3-5-13)21(28)24-17(20(23)27)11-14-6-8-15(9-7-14)18-12-19(26)25-31(18,29)30;3-2(4,5)1-6/h1-9,12,16-17H,10-11,22H2,(H2,23,27)(H,24,28)(H,25,26);1H/t16-,17-;/m0./s1. The summed E-state index contributed by atoms with van der Waals surface area (Å²) < 4.78 is 57.0. The van der Waals surface area contributed by atoms with E-state index in [4.69, 9.17) is 16.3 Å². The molecule has 0 bridgehead atoms. The first-order valence-corrected chi connectivity index (χ1v) is 12.0. The van der Waals surface area contributed by atoms with Gasteiger partial charge in [0.2, 0.25) is 18.1 Å². The second-order valence-corrected chi connectivity index (χ2v) is 9.45. The highest BCUT2D eigenvalue weighted by Crippen LogP contribution is 2.24.